The minimum absolute atomic E-state index is 0.404. The van der Waals surface area contributed by atoms with Gasteiger partial charge < -0.3 is 19.7 Å². The van der Waals surface area contributed by atoms with Crippen LogP contribution < -0.4 is 19.7 Å². The molecule has 0 saturated heterocycles. The largest absolute Gasteiger partial charge is 0.439 e. The first-order chi connectivity index (χ1) is 21.8. The van der Waals surface area contributed by atoms with Gasteiger partial charge in [-0.05, 0) is 53.1 Å². The number of nitrogens with one attached hydrogen (secondary N) is 1. The van der Waals surface area contributed by atoms with Gasteiger partial charge in [-0.25, -0.2) is 4.98 Å². The molecule has 0 unspecified atom stereocenters. The summed E-state index contributed by atoms with van der Waals surface area (Å²) in [5.74, 6) is 1.95. The van der Waals surface area contributed by atoms with E-state index in [9.17, 15) is 0 Å². The van der Waals surface area contributed by atoms with Crippen LogP contribution in [0.15, 0.2) is 128 Å². The molecule has 1 N–H and O–H groups in total. The number of ether oxygens (including phenoxy) is 2. The van der Waals surface area contributed by atoms with Crippen molar-refractivity contribution in [3.8, 4) is 23.4 Å². The Hall–Kier alpha value is -6.14. The maximum Gasteiger partial charge on any atom is 0.224 e. The molecular formula is C38H26N4O2. The number of hydrogen-bond acceptors (Lipinski definition) is 6. The molecule has 0 radical (unpaired) electrons. The number of pyridine rings is 2. The van der Waals surface area contributed by atoms with Gasteiger partial charge in [0.2, 0.25) is 17.6 Å². The van der Waals surface area contributed by atoms with Crippen molar-refractivity contribution < 1.29 is 9.47 Å². The molecule has 6 aromatic rings. The SMILES string of the molecule is C1=Cc2cccc(N3c4ccccc4C=Cc4ccc(Oc5cccc(Oc6ccccn6)n5)cc43)c2Nc2ccccc21. The van der Waals surface area contributed by atoms with E-state index in [4.69, 9.17) is 9.47 Å². The minimum atomic E-state index is 0.404. The molecule has 6 heteroatoms. The number of para-hydroxylation sites is 3. The predicted molar refractivity (Wildman–Crippen MR) is 177 cm³/mol. The number of hydrogen-bond donors (Lipinski definition) is 1. The summed E-state index contributed by atoms with van der Waals surface area (Å²) in [6.07, 6.45) is 10.3. The second kappa shape index (κ2) is 10.9. The van der Waals surface area contributed by atoms with E-state index >= 15 is 0 Å². The summed E-state index contributed by atoms with van der Waals surface area (Å²) in [5, 5.41) is 3.75. The van der Waals surface area contributed by atoms with E-state index in [0.717, 1.165) is 50.7 Å². The summed E-state index contributed by atoms with van der Waals surface area (Å²) in [6, 6.07) is 40.3. The van der Waals surface area contributed by atoms with Crippen LogP contribution in [0.2, 0.25) is 0 Å². The zero-order valence-electron chi connectivity index (χ0n) is 23.6. The molecule has 4 aromatic carbocycles. The summed E-state index contributed by atoms with van der Waals surface area (Å²) in [6.45, 7) is 0. The lowest BCUT2D eigenvalue weighted by molar-refractivity contribution is 0.417. The van der Waals surface area contributed by atoms with E-state index in [-0.39, 0.29) is 0 Å². The highest BCUT2D eigenvalue weighted by Crippen LogP contribution is 2.48. The van der Waals surface area contributed by atoms with Crippen molar-refractivity contribution in [3.05, 3.63) is 150 Å². The number of rotatable bonds is 5. The van der Waals surface area contributed by atoms with E-state index in [0.29, 0.717) is 23.4 Å². The van der Waals surface area contributed by atoms with Crippen LogP contribution in [0.25, 0.3) is 24.3 Å². The molecule has 44 heavy (non-hydrogen) atoms. The smallest absolute Gasteiger partial charge is 0.224 e. The molecular weight excluding hydrogens is 544 g/mol. The molecule has 0 saturated carbocycles. The van der Waals surface area contributed by atoms with Crippen LogP contribution >= 0.6 is 0 Å². The highest BCUT2D eigenvalue weighted by Gasteiger charge is 2.25. The van der Waals surface area contributed by atoms with Gasteiger partial charge in [-0.3, -0.25) is 0 Å². The van der Waals surface area contributed by atoms with Crippen molar-refractivity contribution in [2.45, 2.75) is 0 Å². The highest BCUT2D eigenvalue weighted by molar-refractivity contribution is 6.00. The third-order valence-electron chi connectivity index (χ3n) is 7.61. The van der Waals surface area contributed by atoms with Crippen LogP contribution in [0, 0.1) is 0 Å². The van der Waals surface area contributed by atoms with Crippen molar-refractivity contribution in [2.75, 3.05) is 10.2 Å². The van der Waals surface area contributed by atoms with Crippen molar-refractivity contribution in [1.82, 2.24) is 9.97 Å². The number of nitrogens with zero attached hydrogens (tertiary/aromatic N) is 3. The van der Waals surface area contributed by atoms with Crippen molar-refractivity contribution in [1.29, 1.82) is 0 Å². The molecule has 210 valence electrons. The molecule has 2 aromatic heterocycles. The Bertz CT molecular complexity index is 2070. The Morgan fingerprint density at radius 2 is 1.16 bits per heavy atom. The first-order valence-corrected chi connectivity index (χ1v) is 14.4. The van der Waals surface area contributed by atoms with Crippen molar-refractivity contribution >= 4 is 52.7 Å². The predicted octanol–water partition coefficient (Wildman–Crippen LogP) is 10.2. The number of anilines is 5. The monoisotopic (exact) mass is 570 g/mol. The standard InChI is InChI=1S/C38H26N4O2/c1-3-12-31-26(9-1)18-21-29-11-7-14-33(38(29)40-31)42-32-13-4-2-10-27(32)19-20-28-22-23-30(25-34(28)42)43-36-16-8-17-37(41-36)44-35-15-5-6-24-39-35/h1-25,40H. The zero-order valence-corrected chi connectivity index (χ0v) is 23.6. The van der Waals surface area contributed by atoms with E-state index in [1.165, 1.54) is 0 Å². The van der Waals surface area contributed by atoms with Crippen LogP contribution in [-0.2, 0) is 0 Å². The second-order valence-electron chi connectivity index (χ2n) is 10.4. The van der Waals surface area contributed by atoms with Gasteiger partial charge in [-0.15, -0.1) is 0 Å². The summed E-state index contributed by atoms with van der Waals surface area (Å²) in [7, 11) is 0. The highest BCUT2D eigenvalue weighted by atomic mass is 16.5. The topological polar surface area (TPSA) is 59.5 Å². The molecule has 0 aliphatic carbocycles. The molecule has 0 spiro atoms. The molecule has 2 aliphatic rings. The van der Waals surface area contributed by atoms with Crippen LogP contribution in [0.4, 0.5) is 28.4 Å². The number of aromatic nitrogens is 2. The molecule has 2 aliphatic heterocycles. The second-order valence-corrected chi connectivity index (χ2v) is 10.4. The fourth-order valence-electron chi connectivity index (χ4n) is 5.56. The maximum absolute atomic E-state index is 6.33. The van der Waals surface area contributed by atoms with E-state index < -0.39 is 0 Å². The zero-order chi connectivity index (χ0) is 29.3. The lowest BCUT2D eigenvalue weighted by Crippen LogP contribution is -2.14. The van der Waals surface area contributed by atoms with Gasteiger partial charge >= 0.3 is 0 Å². The van der Waals surface area contributed by atoms with Gasteiger partial charge in [0.15, 0.2) is 0 Å². The molecule has 8 rings (SSSR count). The fourth-order valence-corrected chi connectivity index (χ4v) is 5.56. The molecule has 4 heterocycles. The van der Waals surface area contributed by atoms with Gasteiger partial charge in [-0.1, -0.05) is 85.0 Å². The molecule has 0 bridgehead atoms. The van der Waals surface area contributed by atoms with E-state index in [1.54, 1.807) is 18.3 Å². The summed E-state index contributed by atoms with van der Waals surface area (Å²) in [5.41, 5.74) is 9.62. The van der Waals surface area contributed by atoms with Crippen LogP contribution in [0.5, 0.6) is 23.4 Å². The van der Waals surface area contributed by atoms with Gasteiger partial charge in [0.1, 0.15) is 5.75 Å². The van der Waals surface area contributed by atoms with Crippen LogP contribution in [-0.4, -0.2) is 9.97 Å². The van der Waals surface area contributed by atoms with Gasteiger partial charge in [0.25, 0.3) is 0 Å². The van der Waals surface area contributed by atoms with E-state index in [1.807, 2.05) is 30.3 Å². The summed E-state index contributed by atoms with van der Waals surface area (Å²) >= 11 is 0. The third-order valence-corrected chi connectivity index (χ3v) is 7.61. The Morgan fingerprint density at radius 1 is 0.500 bits per heavy atom. The van der Waals surface area contributed by atoms with Gasteiger partial charge in [0, 0.05) is 41.7 Å². The normalized spacial score (nSPS) is 12.5. The first kappa shape index (κ1) is 25.6. The average molecular weight is 571 g/mol. The van der Waals surface area contributed by atoms with Crippen molar-refractivity contribution in [3.63, 3.8) is 0 Å². The molecule has 0 amide bonds. The first-order valence-electron chi connectivity index (χ1n) is 14.4. The Morgan fingerprint density at radius 3 is 2.05 bits per heavy atom. The average Bonchev–Trinajstić information content (AvgIpc) is 3.35. The summed E-state index contributed by atoms with van der Waals surface area (Å²) < 4.78 is 12.2. The lowest BCUT2D eigenvalue weighted by Gasteiger charge is -2.30. The third kappa shape index (κ3) is 4.84. The van der Waals surface area contributed by atoms with Crippen LogP contribution in [0.1, 0.15) is 22.3 Å². The van der Waals surface area contributed by atoms with Gasteiger partial charge in [-0.2, -0.15) is 4.98 Å². The fraction of sp³-hybridized carbons (Fsp3) is 0. The number of benzene rings is 4. The molecule has 6 nitrogen and oxygen atoms in total. The molecule has 0 fully saturated rings. The quantitative estimate of drug-likeness (QED) is 0.222. The lowest BCUT2D eigenvalue weighted by atomic mass is 10.1. The minimum Gasteiger partial charge on any atom is -0.439 e. The van der Waals surface area contributed by atoms with E-state index in [2.05, 4.69) is 123 Å². The van der Waals surface area contributed by atoms with Crippen molar-refractivity contribution in [2.24, 2.45) is 0 Å². The maximum atomic E-state index is 6.33. The molecule has 0 atom stereocenters. The Labute approximate surface area is 255 Å². The number of fused-ring (bicyclic) bond motifs is 4. The Balaban J connectivity index is 1.22. The van der Waals surface area contributed by atoms with Crippen LogP contribution in [0.3, 0.4) is 0 Å². The summed E-state index contributed by atoms with van der Waals surface area (Å²) in [4.78, 5) is 11.1. The van der Waals surface area contributed by atoms with Gasteiger partial charge in [0.05, 0.1) is 22.7 Å². The Kier molecular flexibility index (Phi) is 6.35.